The van der Waals surface area contributed by atoms with Crippen LogP contribution in [0.2, 0.25) is 0 Å². The van der Waals surface area contributed by atoms with Crippen molar-refractivity contribution < 1.29 is 4.79 Å². The fourth-order valence-corrected chi connectivity index (χ4v) is 3.70. The van der Waals surface area contributed by atoms with E-state index in [-0.39, 0.29) is 11.9 Å². The predicted octanol–water partition coefficient (Wildman–Crippen LogP) is 3.14. The summed E-state index contributed by atoms with van der Waals surface area (Å²) in [5, 5.41) is 0. The molecule has 2 aromatic rings. The Morgan fingerprint density at radius 3 is 3.14 bits per heavy atom. The monoisotopic (exact) mass is 301 g/mol. The van der Waals surface area contributed by atoms with Crippen LogP contribution in [-0.4, -0.2) is 27.3 Å². The van der Waals surface area contributed by atoms with Crippen LogP contribution >= 0.6 is 11.3 Å². The molecule has 1 aliphatic rings. The minimum absolute atomic E-state index is 0.203. The van der Waals surface area contributed by atoms with E-state index < -0.39 is 0 Å². The first-order valence-electron chi connectivity index (χ1n) is 7.34. The lowest BCUT2D eigenvalue weighted by atomic mass is 10.1. The van der Waals surface area contributed by atoms with E-state index in [2.05, 4.69) is 16.0 Å². The molecule has 0 radical (unpaired) electrons. The normalized spacial score (nSPS) is 18.1. The molecule has 3 heterocycles. The van der Waals surface area contributed by atoms with E-state index in [4.69, 9.17) is 0 Å². The molecule has 0 aliphatic carbocycles. The number of aryl methyl sites for hydroxylation is 2. The van der Waals surface area contributed by atoms with Crippen LogP contribution in [0.15, 0.2) is 30.0 Å². The molecule has 3 rings (SSSR count). The van der Waals surface area contributed by atoms with E-state index >= 15 is 0 Å². The lowest BCUT2D eigenvalue weighted by molar-refractivity contribution is -0.132. The minimum atomic E-state index is 0.203. The summed E-state index contributed by atoms with van der Waals surface area (Å²) in [4.78, 5) is 24.2. The molecule has 5 heteroatoms. The Hall–Kier alpha value is -1.75. The topological polar surface area (TPSA) is 46.1 Å². The second kappa shape index (κ2) is 6.35. The summed E-state index contributed by atoms with van der Waals surface area (Å²) < 4.78 is 0. The molecule has 21 heavy (non-hydrogen) atoms. The average Bonchev–Trinajstić information content (AvgIpc) is 3.15. The maximum Gasteiger partial charge on any atom is 0.223 e. The first-order valence-corrected chi connectivity index (χ1v) is 8.22. The van der Waals surface area contributed by atoms with E-state index in [0.717, 1.165) is 37.1 Å². The van der Waals surface area contributed by atoms with Crippen LogP contribution in [0.25, 0.3) is 0 Å². The van der Waals surface area contributed by atoms with Crippen LogP contribution in [0.5, 0.6) is 0 Å². The van der Waals surface area contributed by atoms with Crippen LogP contribution in [-0.2, 0) is 11.2 Å². The number of amides is 1. The van der Waals surface area contributed by atoms with Crippen molar-refractivity contribution in [3.8, 4) is 0 Å². The Bertz CT molecular complexity index is 611. The van der Waals surface area contributed by atoms with E-state index in [1.54, 1.807) is 17.5 Å². The van der Waals surface area contributed by atoms with E-state index in [0.29, 0.717) is 6.42 Å². The lowest BCUT2D eigenvalue weighted by Crippen LogP contribution is -2.30. The summed E-state index contributed by atoms with van der Waals surface area (Å²) in [6.45, 7) is 2.87. The summed E-state index contributed by atoms with van der Waals surface area (Å²) in [6, 6.07) is 4.21. The van der Waals surface area contributed by atoms with Gasteiger partial charge in [-0.05, 0) is 37.8 Å². The van der Waals surface area contributed by atoms with Gasteiger partial charge in [0.05, 0.1) is 17.2 Å². The van der Waals surface area contributed by atoms with Crippen LogP contribution in [0.1, 0.15) is 41.4 Å². The summed E-state index contributed by atoms with van der Waals surface area (Å²) in [5.74, 6) is 0.245. The molecule has 0 unspecified atom stereocenters. The minimum Gasteiger partial charge on any atom is -0.336 e. The summed E-state index contributed by atoms with van der Waals surface area (Å²) in [6.07, 6.45) is 7.13. The number of likely N-dealkylation sites (tertiary alicyclic amines) is 1. The molecule has 0 saturated carbocycles. The summed E-state index contributed by atoms with van der Waals surface area (Å²) >= 11 is 1.64. The van der Waals surface area contributed by atoms with Crippen molar-refractivity contribution in [1.82, 2.24) is 14.9 Å². The van der Waals surface area contributed by atoms with Crippen LogP contribution in [0.4, 0.5) is 0 Å². The number of nitrogens with zero attached hydrogens (tertiary/aromatic N) is 3. The molecule has 0 N–H and O–H groups in total. The lowest BCUT2D eigenvalue weighted by Gasteiger charge is -2.24. The number of aromatic nitrogens is 2. The van der Waals surface area contributed by atoms with Gasteiger partial charge in [0.1, 0.15) is 0 Å². The molecular formula is C16H19N3OS. The molecule has 110 valence electrons. The van der Waals surface area contributed by atoms with Gasteiger partial charge >= 0.3 is 0 Å². The molecule has 1 fully saturated rings. The number of hydrogen-bond donors (Lipinski definition) is 0. The molecular weight excluding hydrogens is 282 g/mol. The highest BCUT2D eigenvalue weighted by atomic mass is 32.1. The summed E-state index contributed by atoms with van der Waals surface area (Å²) in [7, 11) is 0. The standard InChI is InChI=1S/C16H19N3OS/c1-12-15(21-11-18-12)6-7-16(20)19-9-3-5-14(19)13-4-2-8-17-10-13/h2,4,8,10-11,14H,3,5-7,9H2,1H3/t14-/m1/s1. The number of carbonyl (C=O) groups excluding carboxylic acids is 1. The van der Waals surface area contributed by atoms with Gasteiger partial charge in [0.2, 0.25) is 5.91 Å². The zero-order valence-corrected chi connectivity index (χ0v) is 13.0. The van der Waals surface area contributed by atoms with Gasteiger partial charge in [-0.25, -0.2) is 4.98 Å². The quantitative estimate of drug-likeness (QED) is 0.871. The molecule has 4 nitrogen and oxygen atoms in total. The predicted molar refractivity (Wildman–Crippen MR) is 83.1 cm³/mol. The highest BCUT2D eigenvalue weighted by Gasteiger charge is 2.29. The number of rotatable bonds is 4. The van der Waals surface area contributed by atoms with Gasteiger partial charge in [-0.15, -0.1) is 11.3 Å². The number of hydrogen-bond acceptors (Lipinski definition) is 4. The number of pyridine rings is 1. The zero-order chi connectivity index (χ0) is 14.7. The SMILES string of the molecule is Cc1ncsc1CCC(=O)N1CCC[C@@H]1c1cccnc1. The highest BCUT2D eigenvalue weighted by Crippen LogP contribution is 2.32. The van der Waals surface area contributed by atoms with E-state index in [1.165, 1.54) is 4.88 Å². The van der Waals surface area contributed by atoms with E-state index in [1.807, 2.05) is 29.6 Å². The first kappa shape index (κ1) is 14.2. The Labute approximate surface area is 128 Å². The zero-order valence-electron chi connectivity index (χ0n) is 12.2. The van der Waals surface area contributed by atoms with Crippen LogP contribution in [0, 0.1) is 6.92 Å². The molecule has 0 bridgehead atoms. The fraction of sp³-hybridized carbons (Fsp3) is 0.438. The Kier molecular flexibility index (Phi) is 4.29. The summed E-state index contributed by atoms with van der Waals surface area (Å²) in [5.41, 5.74) is 4.05. The Balaban J connectivity index is 1.65. The van der Waals surface area contributed by atoms with Crippen molar-refractivity contribution in [3.05, 3.63) is 46.2 Å². The molecule has 0 aromatic carbocycles. The van der Waals surface area contributed by atoms with Crippen molar-refractivity contribution in [2.75, 3.05) is 6.54 Å². The van der Waals surface area contributed by atoms with Gasteiger partial charge in [-0.1, -0.05) is 6.07 Å². The van der Waals surface area contributed by atoms with Crippen molar-refractivity contribution in [1.29, 1.82) is 0 Å². The molecule has 1 amide bonds. The average molecular weight is 301 g/mol. The third-order valence-corrected chi connectivity index (χ3v) is 5.05. The maximum absolute atomic E-state index is 12.5. The van der Waals surface area contributed by atoms with E-state index in [9.17, 15) is 4.79 Å². The molecule has 2 aromatic heterocycles. The first-order chi connectivity index (χ1) is 10.3. The molecule has 0 spiro atoms. The molecule has 1 saturated heterocycles. The highest BCUT2D eigenvalue weighted by molar-refractivity contribution is 7.09. The Morgan fingerprint density at radius 1 is 1.52 bits per heavy atom. The van der Waals surface area contributed by atoms with Gasteiger partial charge in [-0.2, -0.15) is 0 Å². The largest absolute Gasteiger partial charge is 0.336 e. The van der Waals surface area contributed by atoms with Crippen LogP contribution < -0.4 is 0 Å². The van der Waals surface area contributed by atoms with Crippen molar-refractivity contribution in [2.45, 2.75) is 38.6 Å². The number of thiazole rings is 1. The second-order valence-electron chi connectivity index (χ2n) is 5.39. The second-order valence-corrected chi connectivity index (χ2v) is 6.33. The van der Waals surface area contributed by atoms with Gasteiger partial charge in [0.15, 0.2) is 0 Å². The Morgan fingerprint density at radius 2 is 2.43 bits per heavy atom. The third kappa shape index (κ3) is 3.13. The smallest absolute Gasteiger partial charge is 0.223 e. The van der Waals surface area contributed by atoms with Gasteiger partial charge in [0.25, 0.3) is 0 Å². The molecule has 1 atom stereocenters. The van der Waals surface area contributed by atoms with Gasteiger partial charge in [-0.3, -0.25) is 9.78 Å². The van der Waals surface area contributed by atoms with Gasteiger partial charge in [0, 0.05) is 30.2 Å². The maximum atomic E-state index is 12.5. The van der Waals surface area contributed by atoms with Crippen LogP contribution in [0.3, 0.4) is 0 Å². The molecule has 1 aliphatic heterocycles. The van der Waals surface area contributed by atoms with Crippen molar-refractivity contribution in [3.63, 3.8) is 0 Å². The van der Waals surface area contributed by atoms with Gasteiger partial charge < -0.3 is 4.90 Å². The fourth-order valence-electron chi connectivity index (χ4n) is 2.92. The van der Waals surface area contributed by atoms with Crippen molar-refractivity contribution in [2.24, 2.45) is 0 Å². The number of carbonyl (C=O) groups is 1. The third-order valence-electron chi connectivity index (χ3n) is 4.05. The van der Waals surface area contributed by atoms with Crippen molar-refractivity contribution >= 4 is 17.2 Å².